The lowest BCUT2D eigenvalue weighted by Gasteiger charge is -2.51. The van der Waals surface area contributed by atoms with Gasteiger partial charge in [0.2, 0.25) is 0 Å². The van der Waals surface area contributed by atoms with E-state index in [0.29, 0.717) is 0 Å². The summed E-state index contributed by atoms with van der Waals surface area (Å²) in [4.78, 5) is 10.4. The normalized spacial score (nSPS) is 18.5. The van der Waals surface area contributed by atoms with E-state index in [1.165, 1.54) is 97.0 Å². The lowest BCUT2D eigenvalue weighted by molar-refractivity contribution is 0.195. The van der Waals surface area contributed by atoms with Gasteiger partial charge in [0.1, 0.15) is 0 Å². The summed E-state index contributed by atoms with van der Waals surface area (Å²) in [5, 5.41) is 0. The minimum atomic E-state index is -0.206. The van der Waals surface area contributed by atoms with Gasteiger partial charge in [0.25, 0.3) is 6.71 Å². The summed E-state index contributed by atoms with van der Waals surface area (Å²) in [5.74, 6) is 0. The second kappa shape index (κ2) is 16.4. The Labute approximate surface area is 420 Å². The van der Waals surface area contributed by atoms with Crippen LogP contribution in [0.1, 0.15) is 71.4 Å². The highest BCUT2D eigenvalue weighted by atomic mass is 15.3. The first kappa shape index (κ1) is 43.3. The highest BCUT2D eigenvalue weighted by molar-refractivity contribution is 7.00. The molecule has 0 saturated heterocycles. The fourth-order valence-electron chi connectivity index (χ4n) is 13.0. The van der Waals surface area contributed by atoms with Crippen molar-refractivity contribution in [3.05, 3.63) is 230 Å². The van der Waals surface area contributed by atoms with Crippen LogP contribution in [-0.4, -0.2) is 12.3 Å². The van der Waals surface area contributed by atoms with E-state index in [1.54, 1.807) is 0 Å². The molecule has 2 unspecified atom stereocenters. The molecule has 1 fully saturated rings. The van der Waals surface area contributed by atoms with Crippen LogP contribution in [0.5, 0.6) is 0 Å². The molecule has 4 aliphatic rings. The third-order valence-electron chi connectivity index (χ3n) is 16.7. The Kier molecular flexibility index (Phi) is 10.0. The van der Waals surface area contributed by atoms with Crippen molar-refractivity contribution in [1.29, 1.82) is 0 Å². The van der Waals surface area contributed by atoms with Gasteiger partial charge >= 0.3 is 0 Å². The fourth-order valence-corrected chi connectivity index (χ4v) is 13.0. The molecule has 13 rings (SSSR count). The number of benzene rings is 9. The van der Waals surface area contributed by atoms with Crippen LogP contribution >= 0.6 is 0 Å². The van der Waals surface area contributed by atoms with Crippen molar-refractivity contribution in [3.8, 4) is 11.1 Å². The van der Waals surface area contributed by atoms with E-state index in [2.05, 4.69) is 273 Å². The Hall–Kier alpha value is -7.76. The van der Waals surface area contributed by atoms with Crippen LogP contribution in [-0.2, 0) is 10.8 Å². The average molecular weight is 919 g/mol. The van der Waals surface area contributed by atoms with Gasteiger partial charge in [-0.1, -0.05) is 168 Å². The Morgan fingerprint density at radius 2 is 0.986 bits per heavy atom. The largest absolute Gasteiger partial charge is 0.334 e. The summed E-state index contributed by atoms with van der Waals surface area (Å²) in [5.41, 5.74) is 22.1. The first-order valence-electron chi connectivity index (χ1n) is 25.7. The average Bonchev–Trinajstić information content (AvgIpc) is 3.61. The third kappa shape index (κ3) is 6.66. The maximum atomic E-state index is 2.79. The molecular weight excluding hydrogens is 860 g/mol. The molecule has 71 heavy (non-hydrogen) atoms. The number of fused-ring (bicyclic) bond motifs is 7. The number of anilines is 11. The molecule has 5 heteroatoms. The van der Waals surface area contributed by atoms with Crippen LogP contribution < -0.4 is 36.0 Å². The lowest BCUT2D eigenvalue weighted by atomic mass is 9.33. The Morgan fingerprint density at radius 1 is 0.451 bits per heavy atom. The lowest BCUT2D eigenvalue weighted by Crippen LogP contribution is -2.61. The predicted octanol–water partition coefficient (Wildman–Crippen LogP) is 15.9. The zero-order valence-electron chi connectivity index (χ0n) is 41.5. The Balaban J connectivity index is 1.10. The molecule has 3 aliphatic heterocycles. The van der Waals surface area contributed by atoms with Crippen LogP contribution in [0, 0.1) is 0 Å². The topological polar surface area (TPSA) is 13.0 Å². The molecule has 9 aromatic carbocycles. The van der Waals surface area contributed by atoms with Crippen LogP contribution in [0.3, 0.4) is 0 Å². The minimum absolute atomic E-state index is 0.0256. The fraction of sp³-hybridized carbons (Fsp3) is 0.182. The standard InChI is InChI=1S/C66H59BN4/c1-64(2,3)47-36-38-57(53(42-47)46-24-10-6-11-25-46)70-60-35-21-19-33-56(60)67-55-32-18-20-34-59(55)69(50-30-16-9-17-31-50)61-44-52(45-62(70)63(61)67)71-58-39-37-51(43-54(58)65(4)40-22-23-41-66(65,71)5)68(48-26-12-7-13-27-48)49-28-14-8-15-29-49/h6-21,24-39,42-45H,22-23,40-41H2,1-5H3. The van der Waals surface area contributed by atoms with Gasteiger partial charge in [-0.15, -0.1) is 0 Å². The Bertz CT molecular complexity index is 3440. The molecule has 346 valence electrons. The van der Waals surface area contributed by atoms with Crippen molar-refractivity contribution in [2.24, 2.45) is 0 Å². The Morgan fingerprint density at radius 3 is 1.62 bits per heavy atom. The van der Waals surface area contributed by atoms with E-state index in [-0.39, 0.29) is 23.1 Å². The van der Waals surface area contributed by atoms with Gasteiger partial charge in [-0.2, -0.15) is 0 Å². The molecule has 3 heterocycles. The van der Waals surface area contributed by atoms with Gasteiger partial charge in [0, 0.05) is 67.9 Å². The van der Waals surface area contributed by atoms with E-state index >= 15 is 0 Å². The molecule has 1 aliphatic carbocycles. The zero-order valence-corrected chi connectivity index (χ0v) is 41.5. The van der Waals surface area contributed by atoms with Crippen LogP contribution in [0.2, 0.25) is 0 Å². The quantitative estimate of drug-likeness (QED) is 0.148. The maximum absolute atomic E-state index is 2.79. The second-order valence-electron chi connectivity index (χ2n) is 21.7. The van der Waals surface area contributed by atoms with Gasteiger partial charge < -0.3 is 19.6 Å². The molecule has 0 aromatic heterocycles. The van der Waals surface area contributed by atoms with Crippen LogP contribution in [0.25, 0.3) is 11.1 Å². The van der Waals surface area contributed by atoms with E-state index < -0.39 is 0 Å². The summed E-state index contributed by atoms with van der Waals surface area (Å²) in [6.07, 6.45) is 4.61. The summed E-state index contributed by atoms with van der Waals surface area (Å²) in [6.45, 7) is 12.1. The van der Waals surface area contributed by atoms with Crippen molar-refractivity contribution in [1.82, 2.24) is 0 Å². The van der Waals surface area contributed by atoms with Gasteiger partial charge in [-0.3, -0.25) is 0 Å². The highest BCUT2D eigenvalue weighted by Gasteiger charge is 2.58. The van der Waals surface area contributed by atoms with Gasteiger partial charge in [0.15, 0.2) is 0 Å². The molecule has 0 N–H and O–H groups in total. The molecule has 0 bridgehead atoms. The van der Waals surface area contributed by atoms with Crippen LogP contribution in [0.4, 0.5) is 62.6 Å². The predicted molar refractivity (Wildman–Crippen MR) is 302 cm³/mol. The van der Waals surface area contributed by atoms with E-state index in [1.807, 2.05) is 0 Å². The van der Waals surface area contributed by atoms with Crippen molar-refractivity contribution in [3.63, 3.8) is 0 Å². The monoisotopic (exact) mass is 918 g/mol. The molecule has 0 amide bonds. The highest BCUT2D eigenvalue weighted by Crippen LogP contribution is 2.62. The SMILES string of the molecule is CC(C)(C)c1ccc(N2c3ccccc3B3c4ccccc4N(c4ccccc4)c4cc(N5c6ccc(N(c7ccccc7)c7ccccc7)cc6C6(C)CCCCC56C)cc2c43)c(-c2ccccc2)c1. The van der Waals surface area contributed by atoms with Gasteiger partial charge in [0.05, 0.1) is 11.2 Å². The number of nitrogens with zero attached hydrogens (tertiary/aromatic N) is 4. The van der Waals surface area contributed by atoms with Crippen molar-refractivity contribution in [2.45, 2.75) is 76.7 Å². The first-order chi connectivity index (χ1) is 34.6. The number of hydrogen-bond acceptors (Lipinski definition) is 4. The van der Waals surface area contributed by atoms with Gasteiger partial charge in [-0.25, -0.2) is 0 Å². The minimum Gasteiger partial charge on any atom is -0.334 e. The number of para-hydroxylation sites is 5. The molecule has 4 nitrogen and oxygen atoms in total. The summed E-state index contributed by atoms with van der Waals surface area (Å²) < 4.78 is 0. The van der Waals surface area contributed by atoms with Crippen molar-refractivity contribution in [2.75, 3.05) is 19.6 Å². The molecular formula is C66H59BN4. The molecule has 0 radical (unpaired) electrons. The van der Waals surface area contributed by atoms with E-state index in [0.717, 1.165) is 29.9 Å². The molecule has 2 atom stereocenters. The third-order valence-corrected chi connectivity index (χ3v) is 16.7. The summed E-state index contributed by atoms with van der Waals surface area (Å²) in [6, 6.07) is 81.9. The summed E-state index contributed by atoms with van der Waals surface area (Å²) >= 11 is 0. The van der Waals surface area contributed by atoms with E-state index in [9.17, 15) is 0 Å². The molecule has 9 aromatic rings. The van der Waals surface area contributed by atoms with Crippen molar-refractivity contribution < 1.29 is 0 Å². The van der Waals surface area contributed by atoms with Crippen LogP contribution in [0.15, 0.2) is 218 Å². The van der Waals surface area contributed by atoms with Gasteiger partial charge in [-0.05, 0) is 149 Å². The number of hydrogen-bond donors (Lipinski definition) is 0. The zero-order chi connectivity index (χ0) is 48.1. The second-order valence-corrected chi connectivity index (χ2v) is 21.7. The summed E-state index contributed by atoms with van der Waals surface area (Å²) in [7, 11) is 0. The first-order valence-corrected chi connectivity index (χ1v) is 25.7. The number of rotatable bonds is 7. The van der Waals surface area contributed by atoms with Crippen molar-refractivity contribution >= 4 is 85.7 Å². The molecule has 0 spiro atoms. The smallest absolute Gasteiger partial charge is 0.252 e. The van der Waals surface area contributed by atoms with E-state index in [4.69, 9.17) is 0 Å². The molecule has 1 saturated carbocycles. The maximum Gasteiger partial charge on any atom is 0.252 e.